The van der Waals surface area contributed by atoms with E-state index in [4.69, 9.17) is 0 Å². The molecule has 0 saturated heterocycles. The van der Waals surface area contributed by atoms with Gasteiger partial charge in [-0.2, -0.15) is 5.10 Å². The predicted octanol–water partition coefficient (Wildman–Crippen LogP) is 2.70. The fraction of sp³-hybridized carbons (Fsp3) is 0.300. The normalized spacial score (nSPS) is 11.1. The smallest absolute Gasteiger partial charge is 0.272 e. The molecular weight excluding hydrogens is 246 g/mol. The minimum atomic E-state index is -0.688. The van der Waals surface area contributed by atoms with Crippen molar-refractivity contribution in [2.24, 2.45) is 5.10 Å². The molecule has 0 aliphatic heterocycles. The van der Waals surface area contributed by atoms with Crippen molar-refractivity contribution >= 4 is 22.8 Å². The van der Waals surface area contributed by atoms with E-state index in [0.29, 0.717) is 6.42 Å². The lowest BCUT2D eigenvalue weighted by molar-refractivity contribution is -0.393. The summed E-state index contributed by atoms with van der Waals surface area (Å²) in [7, 11) is 0. The van der Waals surface area contributed by atoms with Crippen molar-refractivity contribution in [3.8, 4) is 0 Å². The highest BCUT2D eigenvalue weighted by Gasteiger charge is 2.19. The van der Waals surface area contributed by atoms with E-state index in [1.54, 1.807) is 6.92 Å². The van der Waals surface area contributed by atoms with E-state index in [0.717, 1.165) is 11.8 Å². The van der Waals surface area contributed by atoms with Gasteiger partial charge in [0.1, 0.15) is 5.69 Å². The average Bonchev–Trinajstić information content (AvgIpc) is 2.35. The summed E-state index contributed by atoms with van der Waals surface area (Å²) in [5.74, 6) is 0. The topological polar surface area (TPSA) is 111 Å². The first-order chi connectivity index (χ1) is 8.45. The summed E-state index contributed by atoms with van der Waals surface area (Å²) in [6, 6.07) is 3.36. The van der Waals surface area contributed by atoms with E-state index in [-0.39, 0.29) is 17.1 Å². The number of nitro benzene ring substituents is 2. The first-order valence-electron chi connectivity index (χ1n) is 5.17. The molecule has 8 heteroatoms. The fourth-order valence-electron chi connectivity index (χ4n) is 1.11. The Hall–Kier alpha value is -2.51. The highest BCUT2D eigenvalue weighted by atomic mass is 16.7. The van der Waals surface area contributed by atoms with Crippen LogP contribution >= 0.6 is 0 Å². The second-order valence-corrected chi connectivity index (χ2v) is 3.53. The van der Waals surface area contributed by atoms with Gasteiger partial charge in [0.05, 0.1) is 15.9 Å². The molecule has 96 valence electrons. The first kappa shape index (κ1) is 13.6. The highest BCUT2D eigenvalue weighted by Crippen LogP contribution is 2.28. The van der Waals surface area contributed by atoms with Gasteiger partial charge in [-0.3, -0.25) is 25.7 Å². The highest BCUT2D eigenvalue weighted by molar-refractivity contribution is 5.82. The number of nitrogens with one attached hydrogen (secondary N) is 1. The van der Waals surface area contributed by atoms with Crippen molar-refractivity contribution in [3.05, 3.63) is 38.4 Å². The average molecular weight is 258 g/mol. The quantitative estimate of drug-likeness (QED) is 0.495. The molecule has 1 aromatic carbocycles. The van der Waals surface area contributed by atoms with E-state index in [1.807, 2.05) is 6.92 Å². The summed E-state index contributed by atoms with van der Waals surface area (Å²) >= 11 is 0. The molecule has 0 aliphatic rings. The third-order valence-corrected chi connectivity index (χ3v) is 2.27. The monoisotopic (exact) mass is 258 g/mol. The van der Waals surface area contributed by atoms with Gasteiger partial charge in [0, 0.05) is 11.8 Å². The van der Waals surface area contributed by atoms with Crippen molar-refractivity contribution in [1.29, 1.82) is 0 Å². The van der Waals surface area contributed by atoms with Crippen molar-refractivity contribution in [2.75, 3.05) is 5.43 Å². The second kappa shape index (κ2) is 5.71. The molecule has 0 spiro atoms. The number of non-ortho nitro benzene ring substituents is 1. The lowest BCUT2D eigenvalue weighted by Gasteiger charge is -2.03. The van der Waals surface area contributed by atoms with E-state index in [9.17, 15) is 20.2 Å². The van der Waals surface area contributed by atoms with E-state index >= 15 is 0 Å². The molecule has 0 fully saturated rings. The Morgan fingerprint density at radius 1 is 1.33 bits per heavy atom. The molecule has 0 saturated carbocycles. The maximum absolute atomic E-state index is 10.8. The first-order valence-corrected chi connectivity index (χ1v) is 5.17. The molecular formula is C10H12N4O4. The number of hydrogen-bond acceptors (Lipinski definition) is 6. The van der Waals surface area contributed by atoms with Crippen molar-refractivity contribution < 1.29 is 9.85 Å². The van der Waals surface area contributed by atoms with Gasteiger partial charge in [0.2, 0.25) is 0 Å². The minimum Gasteiger partial charge on any atom is -0.272 e. The summed E-state index contributed by atoms with van der Waals surface area (Å²) in [4.78, 5) is 20.0. The molecule has 0 aliphatic carbocycles. The summed E-state index contributed by atoms with van der Waals surface area (Å²) in [6.45, 7) is 3.66. The Kier molecular flexibility index (Phi) is 4.30. The number of nitro groups is 2. The van der Waals surface area contributed by atoms with Crippen LogP contribution in [0.25, 0.3) is 0 Å². The lowest BCUT2D eigenvalue weighted by atomic mass is 10.3. The molecule has 0 unspecified atom stereocenters. The Labute approximate surface area is 103 Å². The van der Waals surface area contributed by atoms with Crippen molar-refractivity contribution in [1.82, 2.24) is 0 Å². The third-order valence-electron chi connectivity index (χ3n) is 2.27. The minimum absolute atomic E-state index is 0.124. The Morgan fingerprint density at radius 3 is 2.50 bits per heavy atom. The number of benzene rings is 1. The van der Waals surface area contributed by atoms with Crippen LogP contribution in [0.4, 0.5) is 17.1 Å². The maximum Gasteiger partial charge on any atom is 0.301 e. The molecule has 1 rings (SSSR count). The van der Waals surface area contributed by atoms with Gasteiger partial charge in [0.25, 0.3) is 5.69 Å². The van der Waals surface area contributed by atoms with E-state index in [2.05, 4.69) is 10.5 Å². The summed E-state index contributed by atoms with van der Waals surface area (Å²) < 4.78 is 0. The maximum atomic E-state index is 10.8. The van der Waals surface area contributed by atoms with Gasteiger partial charge in [-0.05, 0) is 19.4 Å². The van der Waals surface area contributed by atoms with Crippen LogP contribution < -0.4 is 5.43 Å². The molecule has 18 heavy (non-hydrogen) atoms. The SMILES string of the molecule is CC/C(C)=N/N[13c]1[13cH][13cH][13c]([N+](=O)[O-])[13cH][13c]1[N+](=O)[O-]. The van der Waals surface area contributed by atoms with Crippen LogP contribution in [0.3, 0.4) is 0 Å². The van der Waals surface area contributed by atoms with Crippen LogP contribution in [-0.2, 0) is 0 Å². The molecule has 8 nitrogen and oxygen atoms in total. The molecule has 1 N–H and O–H groups in total. The van der Waals surface area contributed by atoms with E-state index in [1.165, 1.54) is 12.1 Å². The molecule has 0 radical (unpaired) electrons. The van der Waals surface area contributed by atoms with Crippen LogP contribution in [0.5, 0.6) is 0 Å². The fourth-order valence-corrected chi connectivity index (χ4v) is 1.11. The zero-order valence-electron chi connectivity index (χ0n) is 9.91. The molecule has 0 aromatic heterocycles. The van der Waals surface area contributed by atoms with Crippen LogP contribution in [0, 0.1) is 20.2 Å². The van der Waals surface area contributed by atoms with Crippen molar-refractivity contribution in [3.63, 3.8) is 0 Å². The van der Waals surface area contributed by atoms with Crippen LogP contribution in [0.2, 0.25) is 0 Å². The van der Waals surface area contributed by atoms with Crippen LogP contribution in [0.1, 0.15) is 20.3 Å². The van der Waals surface area contributed by atoms with Gasteiger partial charge in [-0.25, -0.2) is 0 Å². The van der Waals surface area contributed by atoms with Crippen molar-refractivity contribution in [2.45, 2.75) is 20.3 Å². The molecule has 0 heterocycles. The molecule has 0 bridgehead atoms. The van der Waals surface area contributed by atoms with Gasteiger partial charge >= 0.3 is 5.69 Å². The Bertz CT molecular complexity index is 513. The number of rotatable bonds is 5. The number of anilines is 1. The van der Waals surface area contributed by atoms with Crippen LogP contribution in [-0.4, -0.2) is 15.6 Å². The standard InChI is InChI=1S/C10H12N4O4/c1-3-7(2)11-12-9-5-4-8(13(15)16)6-10(9)14(17)18/h4-6,12H,3H2,1-2H3/b11-7+/i4+1,5+1,6+1,8+1,9+1,10+1. The summed E-state index contributed by atoms with van der Waals surface area (Å²) in [5, 5.41) is 25.3. The number of hydrogen-bond donors (Lipinski definition) is 1. The number of nitrogens with zero attached hydrogens (tertiary/aromatic N) is 3. The summed E-state index contributed by atoms with van der Waals surface area (Å²) in [6.07, 6.45) is 0.702. The lowest BCUT2D eigenvalue weighted by Crippen LogP contribution is -2.00. The largest absolute Gasteiger partial charge is 0.301 e. The zero-order valence-corrected chi connectivity index (χ0v) is 9.91. The molecule has 1 aromatic rings. The molecule has 0 atom stereocenters. The Balaban J connectivity index is 3.12. The van der Waals surface area contributed by atoms with Gasteiger partial charge < -0.3 is 0 Å². The third kappa shape index (κ3) is 3.24. The van der Waals surface area contributed by atoms with Gasteiger partial charge in [-0.15, -0.1) is 0 Å². The van der Waals surface area contributed by atoms with Gasteiger partial charge in [0.15, 0.2) is 0 Å². The number of hydrazone groups is 1. The Morgan fingerprint density at radius 2 is 2.00 bits per heavy atom. The zero-order chi connectivity index (χ0) is 13.7. The molecule has 0 amide bonds. The van der Waals surface area contributed by atoms with E-state index < -0.39 is 9.85 Å². The second-order valence-electron chi connectivity index (χ2n) is 3.53. The summed E-state index contributed by atoms with van der Waals surface area (Å²) in [5.41, 5.74) is 2.72. The van der Waals surface area contributed by atoms with Crippen LogP contribution in [0.15, 0.2) is 23.3 Å². The van der Waals surface area contributed by atoms with Gasteiger partial charge in [-0.1, -0.05) is 6.92 Å². The predicted molar refractivity (Wildman–Crippen MR) is 66.8 cm³/mol.